The molecule has 0 aliphatic carbocycles. The van der Waals surface area contributed by atoms with Crippen LogP contribution in [0.25, 0.3) is 10.9 Å². The van der Waals surface area contributed by atoms with Crippen molar-refractivity contribution in [1.29, 1.82) is 0 Å². The Morgan fingerprint density at radius 3 is 2.75 bits per heavy atom. The maximum absolute atomic E-state index is 13.4. The summed E-state index contributed by atoms with van der Waals surface area (Å²) in [6.07, 6.45) is 1.73. The van der Waals surface area contributed by atoms with Crippen LogP contribution in [-0.2, 0) is 0 Å². The largest absolute Gasteiger partial charge is 0.399 e. The van der Waals surface area contributed by atoms with Gasteiger partial charge in [-0.2, -0.15) is 0 Å². The lowest BCUT2D eigenvalue weighted by atomic mass is 10.1. The van der Waals surface area contributed by atoms with Crippen molar-refractivity contribution in [2.45, 2.75) is 0 Å². The van der Waals surface area contributed by atoms with Gasteiger partial charge in [0, 0.05) is 30.0 Å². The Morgan fingerprint density at radius 1 is 1.10 bits per heavy atom. The van der Waals surface area contributed by atoms with Crippen molar-refractivity contribution in [3.05, 3.63) is 60.5 Å². The van der Waals surface area contributed by atoms with Crippen molar-refractivity contribution in [2.24, 2.45) is 0 Å². The van der Waals surface area contributed by atoms with Gasteiger partial charge in [0.25, 0.3) is 0 Å². The average Bonchev–Trinajstić information content (AvgIpc) is 2.45. The topological polar surface area (TPSA) is 42.2 Å². The lowest BCUT2D eigenvalue weighted by molar-refractivity contribution is 0.628. The normalized spacial score (nSPS) is 10.7. The Hall–Kier alpha value is -2.62. The zero-order valence-electron chi connectivity index (χ0n) is 11.0. The van der Waals surface area contributed by atoms with Gasteiger partial charge >= 0.3 is 0 Å². The van der Waals surface area contributed by atoms with Crippen LogP contribution in [0, 0.1) is 5.82 Å². The fraction of sp³-hybridized carbons (Fsp3) is 0.0625. The van der Waals surface area contributed by atoms with Crippen LogP contribution in [0.2, 0.25) is 0 Å². The van der Waals surface area contributed by atoms with Gasteiger partial charge < -0.3 is 10.6 Å². The molecule has 3 rings (SSSR count). The third-order valence-electron chi connectivity index (χ3n) is 3.30. The molecular weight excluding hydrogens is 253 g/mol. The second-order valence-electron chi connectivity index (χ2n) is 4.65. The molecule has 3 aromatic rings. The highest BCUT2D eigenvalue weighted by molar-refractivity contribution is 5.94. The Labute approximate surface area is 116 Å². The molecular formula is C16H14FN3. The van der Waals surface area contributed by atoms with Crippen LogP contribution in [0.4, 0.5) is 21.5 Å². The van der Waals surface area contributed by atoms with Crippen LogP contribution >= 0.6 is 0 Å². The predicted octanol–water partition coefficient (Wildman–Crippen LogP) is 3.72. The molecule has 0 aliphatic rings. The molecule has 2 N–H and O–H groups in total. The molecule has 0 saturated heterocycles. The minimum Gasteiger partial charge on any atom is -0.399 e. The Bertz CT molecular complexity index is 771. The van der Waals surface area contributed by atoms with E-state index in [1.807, 2.05) is 42.3 Å². The van der Waals surface area contributed by atoms with Crippen molar-refractivity contribution in [3.8, 4) is 0 Å². The van der Waals surface area contributed by atoms with Gasteiger partial charge in [-0.25, -0.2) is 4.39 Å². The van der Waals surface area contributed by atoms with E-state index in [4.69, 9.17) is 5.73 Å². The third-order valence-corrected chi connectivity index (χ3v) is 3.30. The van der Waals surface area contributed by atoms with Gasteiger partial charge in [0.05, 0.1) is 11.2 Å². The quantitative estimate of drug-likeness (QED) is 0.719. The minimum atomic E-state index is -0.253. The fourth-order valence-electron chi connectivity index (χ4n) is 2.27. The summed E-state index contributed by atoms with van der Waals surface area (Å²) >= 11 is 0. The molecule has 0 radical (unpaired) electrons. The number of halogens is 1. The molecule has 0 bridgehead atoms. The van der Waals surface area contributed by atoms with Gasteiger partial charge in [-0.3, -0.25) is 4.98 Å². The number of nitrogen functional groups attached to an aromatic ring is 1. The van der Waals surface area contributed by atoms with Crippen molar-refractivity contribution in [1.82, 2.24) is 4.98 Å². The molecule has 1 aromatic heterocycles. The fourth-order valence-corrected chi connectivity index (χ4v) is 2.27. The van der Waals surface area contributed by atoms with Crippen LogP contribution in [0.3, 0.4) is 0 Å². The first kappa shape index (κ1) is 12.4. The van der Waals surface area contributed by atoms with Gasteiger partial charge in [-0.15, -0.1) is 0 Å². The zero-order valence-corrected chi connectivity index (χ0v) is 11.0. The van der Waals surface area contributed by atoms with E-state index in [1.54, 1.807) is 12.3 Å². The van der Waals surface area contributed by atoms with Gasteiger partial charge in [0.1, 0.15) is 5.82 Å². The summed E-state index contributed by atoms with van der Waals surface area (Å²) in [4.78, 5) is 6.25. The standard InChI is InChI=1S/C16H14FN3/c1-20(13-4-2-3-11(17)9-13)16-7-8-19-15-10-12(18)5-6-14(15)16/h2-10H,18H2,1H3. The number of fused-ring (bicyclic) bond motifs is 1. The first-order chi connectivity index (χ1) is 9.65. The summed E-state index contributed by atoms with van der Waals surface area (Å²) in [6.45, 7) is 0. The molecule has 0 spiro atoms. The van der Waals surface area contributed by atoms with Crippen molar-refractivity contribution in [2.75, 3.05) is 17.7 Å². The second-order valence-corrected chi connectivity index (χ2v) is 4.65. The number of benzene rings is 2. The van der Waals surface area contributed by atoms with E-state index in [0.29, 0.717) is 5.69 Å². The van der Waals surface area contributed by atoms with Gasteiger partial charge in [-0.05, 0) is 42.5 Å². The number of nitrogens with two attached hydrogens (primary N) is 1. The molecule has 1 heterocycles. The molecule has 2 aromatic carbocycles. The summed E-state index contributed by atoms with van der Waals surface area (Å²) in [5, 5.41) is 0.980. The minimum absolute atomic E-state index is 0.253. The summed E-state index contributed by atoms with van der Waals surface area (Å²) in [5.74, 6) is -0.253. The summed E-state index contributed by atoms with van der Waals surface area (Å²) in [5.41, 5.74) is 9.02. The van der Waals surface area contributed by atoms with E-state index in [-0.39, 0.29) is 5.82 Å². The smallest absolute Gasteiger partial charge is 0.125 e. The molecule has 100 valence electrons. The Kier molecular flexibility index (Phi) is 2.99. The molecule has 3 nitrogen and oxygen atoms in total. The number of hydrogen-bond acceptors (Lipinski definition) is 3. The highest BCUT2D eigenvalue weighted by atomic mass is 19.1. The lowest BCUT2D eigenvalue weighted by Gasteiger charge is -2.21. The molecule has 0 amide bonds. The monoisotopic (exact) mass is 267 g/mol. The highest BCUT2D eigenvalue weighted by Crippen LogP contribution is 2.30. The number of aromatic nitrogens is 1. The molecule has 0 atom stereocenters. The summed E-state index contributed by atoms with van der Waals surface area (Å²) in [6, 6.07) is 14.0. The van der Waals surface area contributed by atoms with Crippen molar-refractivity contribution in [3.63, 3.8) is 0 Å². The van der Waals surface area contributed by atoms with Crippen molar-refractivity contribution >= 4 is 28.0 Å². The van der Waals surface area contributed by atoms with Gasteiger partial charge in [0.2, 0.25) is 0 Å². The summed E-state index contributed by atoms with van der Waals surface area (Å²) in [7, 11) is 1.90. The number of nitrogens with zero attached hydrogens (tertiary/aromatic N) is 2. The maximum Gasteiger partial charge on any atom is 0.125 e. The molecule has 0 fully saturated rings. The van der Waals surface area contributed by atoms with E-state index in [9.17, 15) is 4.39 Å². The number of hydrogen-bond donors (Lipinski definition) is 1. The zero-order chi connectivity index (χ0) is 14.1. The van der Waals surface area contributed by atoms with E-state index < -0.39 is 0 Å². The first-order valence-electron chi connectivity index (χ1n) is 6.29. The molecule has 0 saturated carbocycles. The van der Waals surface area contributed by atoms with E-state index in [1.165, 1.54) is 12.1 Å². The van der Waals surface area contributed by atoms with Crippen LogP contribution in [0.5, 0.6) is 0 Å². The molecule has 0 unspecified atom stereocenters. The van der Waals surface area contributed by atoms with E-state index in [2.05, 4.69) is 4.98 Å². The van der Waals surface area contributed by atoms with Gasteiger partial charge in [0.15, 0.2) is 0 Å². The highest BCUT2D eigenvalue weighted by Gasteiger charge is 2.09. The number of rotatable bonds is 2. The van der Waals surface area contributed by atoms with Crippen molar-refractivity contribution < 1.29 is 4.39 Å². The SMILES string of the molecule is CN(c1cccc(F)c1)c1ccnc2cc(N)ccc12. The van der Waals surface area contributed by atoms with Crippen LogP contribution in [-0.4, -0.2) is 12.0 Å². The van der Waals surface area contributed by atoms with Crippen LogP contribution in [0.15, 0.2) is 54.7 Å². The van der Waals surface area contributed by atoms with Gasteiger partial charge in [-0.1, -0.05) is 6.07 Å². The van der Waals surface area contributed by atoms with Crippen LogP contribution < -0.4 is 10.6 Å². The number of anilines is 3. The molecule has 20 heavy (non-hydrogen) atoms. The predicted molar refractivity (Wildman–Crippen MR) is 80.6 cm³/mol. The molecule has 4 heteroatoms. The van der Waals surface area contributed by atoms with E-state index >= 15 is 0 Å². The lowest BCUT2D eigenvalue weighted by Crippen LogP contribution is -2.10. The first-order valence-corrected chi connectivity index (χ1v) is 6.29. The summed E-state index contributed by atoms with van der Waals surface area (Å²) < 4.78 is 13.4. The number of pyridine rings is 1. The second kappa shape index (κ2) is 4.81. The molecule has 0 aliphatic heterocycles. The van der Waals surface area contributed by atoms with Crippen LogP contribution in [0.1, 0.15) is 0 Å². The Balaban J connectivity index is 2.14. The van der Waals surface area contributed by atoms with E-state index in [0.717, 1.165) is 22.3 Å². The average molecular weight is 267 g/mol. The third kappa shape index (κ3) is 2.16. The maximum atomic E-state index is 13.4. The Morgan fingerprint density at radius 2 is 1.95 bits per heavy atom.